The summed E-state index contributed by atoms with van der Waals surface area (Å²) in [7, 11) is -8.80. The van der Waals surface area contributed by atoms with Crippen molar-refractivity contribution in [1.82, 2.24) is 0 Å². The molecule has 0 aliphatic heterocycles. The molecule has 0 aromatic heterocycles. The lowest BCUT2D eigenvalue weighted by Gasteiger charge is -2.16. The smallest absolute Gasteiger partial charge is 0.399 e. The lowest BCUT2D eigenvalue weighted by molar-refractivity contribution is -0.137. The Morgan fingerprint density at radius 1 is 0.758 bits per heavy atom. The molecule has 4 N–H and O–H groups in total. The molecule has 33 heavy (non-hydrogen) atoms. The van der Waals surface area contributed by atoms with Crippen molar-refractivity contribution in [2.24, 2.45) is 0 Å². The van der Waals surface area contributed by atoms with E-state index in [0.29, 0.717) is 6.07 Å². The molecule has 0 radical (unpaired) electrons. The van der Waals surface area contributed by atoms with Crippen LogP contribution in [0.4, 0.5) is 30.2 Å². The van der Waals surface area contributed by atoms with Gasteiger partial charge >= 0.3 is 6.18 Å². The van der Waals surface area contributed by atoms with Crippen LogP contribution in [0.1, 0.15) is 5.56 Å². The molecule has 176 valence electrons. The predicted molar refractivity (Wildman–Crippen MR) is 120 cm³/mol. The third-order valence-electron chi connectivity index (χ3n) is 4.19. The molecule has 0 unspecified atom stereocenters. The van der Waals surface area contributed by atoms with E-state index in [9.17, 15) is 30.0 Å². The Kier molecular flexibility index (Phi) is 6.76. The molecule has 14 heteroatoms. The van der Waals surface area contributed by atoms with Crippen molar-refractivity contribution >= 4 is 60.3 Å². The molecule has 3 rings (SSSR count). The zero-order valence-electron chi connectivity index (χ0n) is 16.2. The third kappa shape index (κ3) is 5.82. The maximum absolute atomic E-state index is 13.1. The summed E-state index contributed by atoms with van der Waals surface area (Å²) in [6.07, 6.45) is -4.89. The predicted octanol–water partition coefficient (Wildman–Crippen LogP) is 5.20. The summed E-state index contributed by atoms with van der Waals surface area (Å²) in [6, 6.07) is 11.0. The number of nitrogens with two attached hydrogens (primary N) is 1. The number of benzene rings is 3. The van der Waals surface area contributed by atoms with Crippen LogP contribution in [0.25, 0.3) is 0 Å². The zero-order valence-corrected chi connectivity index (χ0v) is 19.3. The van der Waals surface area contributed by atoms with Crippen LogP contribution in [-0.4, -0.2) is 16.8 Å². The Morgan fingerprint density at radius 2 is 1.36 bits per heavy atom. The molecule has 0 heterocycles. The first-order valence-corrected chi connectivity index (χ1v) is 12.5. The van der Waals surface area contributed by atoms with E-state index in [-0.39, 0.29) is 27.0 Å². The number of anilines is 3. The first-order valence-electron chi connectivity index (χ1n) is 8.76. The van der Waals surface area contributed by atoms with E-state index < -0.39 is 41.7 Å². The summed E-state index contributed by atoms with van der Waals surface area (Å²) in [6.45, 7) is 0. The summed E-state index contributed by atoms with van der Waals surface area (Å²) >= 11 is 11.5. The lowest BCUT2D eigenvalue weighted by Crippen LogP contribution is -2.18. The van der Waals surface area contributed by atoms with Gasteiger partial charge in [-0.2, -0.15) is 13.2 Å². The number of alkyl halides is 3. The van der Waals surface area contributed by atoms with Crippen LogP contribution in [0.15, 0.2) is 70.5 Å². The van der Waals surface area contributed by atoms with Gasteiger partial charge in [-0.1, -0.05) is 29.3 Å². The topological polar surface area (TPSA) is 118 Å². The number of hydrogen-bond acceptors (Lipinski definition) is 5. The van der Waals surface area contributed by atoms with Gasteiger partial charge in [-0.3, -0.25) is 9.44 Å². The Labute approximate surface area is 197 Å². The van der Waals surface area contributed by atoms with Gasteiger partial charge in [-0.05, 0) is 54.6 Å². The van der Waals surface area contributed by atoms with E-state index >= 15 is 0 Å². The zero-order chi connectivity index (χ0) is 24.6. The van der Waals surface area contributed by atoms with Crippen LogP contribution < -0.4 is 15.2 Å². The molecule has 0 aliphatic carbocycles. The Bertz CT molecular complexity index is 1430. The van der Waals surface area contributed by atoms with Crippen molar-refractivity contribution < 1.29 is 30.0 Å². The number of rotatable bonds is 6. The van der Waals surface area contributed by atoms with E-state index in [0.717, 1.165) is 18.2 Å². The number of nitrogens with one attached hydrogen (secondary N) is 2. The minimum absolute atomic E-state index is 0.0340. The van der Waals surface area contributed by atoms with Crippen LogP contribution in [-0.2, 0) is 26.2 Å². The van der Waals surface area contributed by atoms with Crippen LogP contribution >= 0.6 is 23.2 Å². The van der Waals surface area contributed by atoms with Gasteiger partial charge in [0.05, 0.1) is 31.8 Å². The molecular formula is C19H14Cl2F3N3O4S2. The van der Waals surface area contributed by atoms with Gasteiger partial charge in [-0.15, -0.1) is 0 Å². The lowest BCUT2D eigenvalue weighted by atomic mass is 10.2. The monoisotopic (exact) mass is 539 g/mol. The van der Waals surface area contributed by atoms with Gasteiger partial charge in [0.1, 0.15) is 0 Å². The van der Waals surface area contributed by atoms with Crippen molar-refractivity contribution in [2.75, 3.05) is 15.2 Å². The highest BCUT2D eigenvalue weighted by Crippen LogP contribution is 2.37. The maximum Gasteiger partial charge on any atom is 0.417 e. The second-order valence-corrected chi connectivity index (χ2v) is 10.8. The molecule has 0 fully saturated rings. The van der Waals surface area contributed by atoms with E-state index in [1.165, 1.54) is 36.4 Å². The molecule has 3 aromatic rings. The second kappa shape index (κ2) is 8.93. The van der Waals surface area contributed by atoms with E-state index in [1.54, 1.807) is 0 Å². The minimum Gasteiger partial charge on any atom is -0.399 e. The molecule has 0 saturated carbocycles. The van der Waals surface area contributed by atoms with Gasteiger partial charge in [0, 0.05) is 10.7 Å². The normalized spacial score (nSPS) is 12.4. The molecule has 0 atom stereocenters. The van der Waals surface area contributed by atoms with Gasteiger partial charge < -0.3 is 5.73 Å². The molecule has 0 spiro atoms. The van der Waals surface area contributed by atoms with Crippen LogP contribution in [0.2, 0.25) is 10.0 Å². The Balaban J connectivity index is 2.01. The van der Waals surface area contributed by atoms with Gasteiger partial charge in [0.2, 0.25) is 0 Å². The first-order chi connectivity index (χ1) is 15.2. The molecule has 0 bridgehead atoms. The standard InChI is InChI=1S/C19H14Cl2F3N3O4S2/c20-11-4-7-17(26-32(28,29)13-3-1-2-12(25)9-13)18(8-11)27-33(30,31)14-5-6-16(21)15(10-14)19(22,23)24/h1-10,26-27H,25H2. The average molecular weight is 540 g/mol. The Hall–Kier alpha value is -2.67. The molecule has 7 nitrogen and oxygen atoms in total. The van der Waals surface area contributed by atoms with Crippen LogP contribution in [0, 0.1) is 0 Å². The van der Waals surface area contributed by atoms with Crippen molar-refractivity contribution in [2.45, 2.75) is 16.0 Å². The molecule has 0 amide bonds. The highest BCUT2D eigenvalue weighted by Gasteiger charge is 2.34. The molecule has 0 aliphatic rings. The quantitative estimate of drug-likeness (QED) is 0.372. The molecular weight excluding hydrogens is 526 g/mol. The number of halogens is 5. The number of sulfonamides is 2. The largest absolute Gasteiger partial charge is 0.417 e. The summed E-state index contributed by atoms with van der Waals surface area (Å²) in [5, 5.41) is -0.647. The fourth-order valence-corrected chi connectivity index (χ4v) is 5.30. The van der Waals surface area contributed by atoms with E-state index in [1.807, 2.05) is 0 Å². The number of hydrogen-bond donors (Lipinski definition) is 3. The first kappa shape index (κ1) is 25.0. The SMILES string of the molecule is Nc1cccc(S(=O)(=O)Nc2ccc(Cl)cc2NS(=O)(=O)c2ccc(Cl)c(C(F)(F)F)c2)c1. The van der Waals surface area contributed by atoms with Gasteiger partial charge in [0.25, 0.3) is 20.0 Å². The van der Waals surface area contributed by atoms with Crippen molar-refractivity contribution in [3.8, 4) is 0 Å². The maximum atomic E-state index is 13.1. The van der Waals surface area contributed by atoms with Crippen molar-refractivity contribution in [3.05, 3.63) is 76.3 Å². The van der Waals surface area contributed by atoms with Crippen molar-refractivity contribution in [3.63, 3.8) is 0 Å². The average Bonchev–Trinajstić information content (AvgIpc) is 2.69. The number of nitrogen functional groups attached to an aromatic ring is 1. The highest BCUT2D eigenvalue weighted by atomic mass is 35.5. The van der Waals surface area contributed by atoms with Crippen LogP contribution in [0.5, 0.6) is 0 Å². The fraction of sp³-hybridized carbons (Fsp3) is 0.0526. The van der Waals surface area contributed by atoms with Crippen LogP contribution in [0.3, 0.4) is 0 Å². The molecule has 3 aromatic carbocycles. The molecule has 0 saturated heterocycles. The summed E-state index contributed by atoms with van der Waals surface area (Å²) in [4.78, 5) is -0.942. The summed E-state index contributed by atoms with van der Waals surface area (Å²) in [5.74, 6) is 0. The minimum atomic E-state index is -4.89. The van der Waals surface area contributed by atoms with Gasteiger partial charge in [-0.25, -0.2) is 16.8 Å². The second-order valence-electron chi connectivity index (χ2n) is 6.61. The van der Waals surface area contributed by atoms with E-state index in [4.69, 9.17) is 28.9 Å². The highest BCUT2D eigenvalue weighted by molar-refractivity contribution is 7.93. The van der Waals surface area contributed by atoms with Gasteiger partial charge in [0.15, 0.2) is 0 Å². The third-order valence-corrected chi connectivity index (χ3v) is 7.48. The fourth-order valence-electron chi connectivity index (χ4n) is 2.67. The summed E-state index contributed by atoms with van der Waals surface area (Å²) < 4.78 is 94.6. The summed E-state index contributed by atoms with van der Waals surface area (Å²) in [5.41, 5.74) is 3.89. The van der Waals surface area contributed by atoms with Crippen molar-refractivity contribution in [1.29, 1.82) is 0 Å². The van der Waals surface area contributed by atoms with E-state index in [2.05, 4.69) is 9.44 Å². The Morgan fingerprint density at radius 3 is 1.97 bits per heavy atom.